The zero-order valence-electron chi connectivity index (χ0n) is 9.53. The lowest BCUT2D eigenvalue weighted by atomic mass is 9.97. The number of carbonyl (C=O) groups excluding carboxylic acids is 1. The largest absolute Gasteiger partial charge is 0.467 e. The first-order chi connectivity index (χ1) is 7.77. The summed E-state index contributed by atoms with van der Waals surface area (Å²) in [6.07, 6.45) is 3.87. The van der Waals surface area contributed by atoms with Gasteiger partial charge in [-0.05, 0) is 25.0 Å². The average molecular weight is 219 g/mol. The molecule has 86 valence electrons. The third-order valence-electron chi connectivity index (χ3n) is 3.19. The van der Waals surface area contributed by atoms with Crippen molar-refractivity contribution in [3.63, 3.8) is 0 Å². The standard InChI is InChI=1S/C13H17NO2/c1-16-12(15)13(9-5-6-10-13)14-11-7-3-2-4-8-11/h2-4,7-8,14H,5-6,9-10H2,1H3. The third kappa shape index (κ3) is 2.03. The van der Waals surface area contributed by atoms with Gasteiger partial charge in [0.1, 0.15) is 5.54 Å². The molecule has 0 saturated heterocycles. The minimum Gasteiger partial charge on any atom is -0.467 e. The Morgan fingerprint density at radius 3 is 2.44 bits per heavy atom. The summed E-state index contributed by atoms with van der Waals surface area (Å²) in [4.78, 5) is 11.9. The minimum atomic E-state index is -0.504. The Morgan fingerprint density at radius 1 is 1.25 bits per heavy atom. The lowest BCUT2D eigenvalue weighted by Gasteiger charge is -2.28. The molecule has 1 saturated carbocycles. The van der Waals surface area contributed by atoms with Crippen molar-refractivity contribution in [3.05, 3.63) is 30.3 Å². The predicted molar refractivity (Wildman–Crippen MR) is 63.3 cm³/mol. The maximum absolute atomic E-state index is 11.9. The van der Waals surface area contributed by atoms with Crippen LogP contribution in [0, 0.1) is 0 Å². The quantitative estimate of drug-likeness (QED) is 0.794. The number of anilines is 1. The van der Waals surface area contributed by atoms with Crippen molar-refractivity contribution in [2.45, 2.75) is 31.2 Å². The van der Waals surface area contributed by atoms with E-state index in [0.717, 1.165) is 31.4 Å². The van der Waals surface area contributed by atoms with E-state index in [1.165, 1.54) is 7.11 Å². The number of hydrogen-bond acceptors (Lipinski definition) is 3. The van der Waals surface area contributed by atoms with Gasteiger partial charge in [-0.1, -0.05) is 31.0 Å². The highest BCUT2D eigenvalue weighted by Crippen LogP contribution is 2.34. The van der Waals surface area contributed by atoms with Crippen LogP contribution in [-0.4, -0.2) is 18.6 Å². The van der Waals surface area contributed by atoms with Crippen LogP contribution in [0.4, 0.5) is 5.69 Å². The van der Waals surface area contributed by atoms with E-state index in [2.05, 4.69) is 5.32 Å². The summed E-state index contributed by atoms with van der Waals surface area (Å²) >= 11 is 0. The molecule has 1 aromatic rings. The number of esters is 1. The van der Waals surface area contributed by atoms with E-state index in [0.29, 0.717) is 0 Å². The second kappa shape index (κ2) is 4.56. The lowest BCUT2D eigenvalue weighted by molar-refractivity contribution is -0.145. The third-order valence-corrected chi connectivity index (χ3v) is 3.19. The van der Waals surface area contributed by atoms with Crippen molar-refractivity contribution in [2.75, 3.05) is 12.4 Å². The van der Waals surface area contributed by atoms with Crippen LogP contribution in [0.3, 0.4) is 0 Å². The van der Waals surface area contributed by atoms with Gasteiger partial charge in [0.05, 0.1) is 7.11 Å². The fourth-order valence-electron chi connectivity index (χ4n) is 2.35. The van der Waals surface area contributed by atoms with Crippen LogP contribution in [-0.2, 0) is 9.53 Å². The molecule has 0 radical (unpaired) electrons. The van der Waals surface area contributed by atoms with Crippen LogP contribution in [0.1, 0.15) is 25.7 Å². The van der Waals surface area contributed by atoms with Gasteiger partial charge < -0.3 is 10.1 Å². The molecule has 0 amide bonds. The van der Waals surface area contributed by atoms with Crippen molar-refractivity contribution >= 4 is 11.7 Å². The Kier molecular flexibility index (Phi) is 3.13. The van der Waals surface area contributed by atoms with E-state index < -0.39 is 5.54 Å². The first-order valence-corrected chi connectivity index (χ1v) is 5.68. The van der Waals surface area contributed by atoms with Gasteiger partial charge in [0.15, 0.2) is 0 Å². The molecule has 0 spiro atoms. The summed E-state index contributed by atoms with van der Waals surface area (Å²) in [6, 6.07) is 9.83. The SMILES string of the molecule is COC(=O)C1(Nc2ccccc2)CCCC1. The summed E-state index contributed by atoms with van der Waals surface area (Å²) in [5.74, 6) is -0.145. The van der Waals surface area contributed by atoms with Crippen LogP contribution in [0.25, 0.3) is 0 Å². The van der Waals surface area contributed by atoms with E-state index in [4.69, 9.17) is 4.74 Å². The second-order valence-corrected chi connectivity index (χ2v) is 4.27. The van der Waals surface area contributed by atoms with Gasteiger partial charge in [-0.15, -0.1) is 0 Å². The molecule has 1 N–H and O–H groups in total. The number of carbonyl (C=O) groups is 1. The molecule has 0 aromatic heterocycles. The Balaban J connectivity index is 2.18. The monoisotopic (exact) mass is 219 g/mol. The molecule has 1 fully saturated rings. The Hall–Kier alpha value is -1.51. The summed E-state index contributed by atoms with van der Waals surface area (Å²) in [5, 5.41) is 3.33. The van der Waals surface area contributed by atoms with Gasteiger partial charge in [0.25, 0.3) is 0 Å². The van der Waals surface area contributed by atoms with Crippen LogP contribution in [0.15, 0.2) is 30.3 Å². The van der Waals surface area contributed by atoms with Gasteiger partial charge in [0.2, 0.25) is 0 Å². The maximum atomic E-state index is 11.9. The number of methoxy groups -OCH3 is 1. The molecule has 2 rings (SSSR count). The highest BCUT2D eigenvalue weighted by molar-refractivity contribution is 5.84. The molecular formula is C13H17NO2. The molecule has 0 unspecified atom stereocenters. The van der Waals surface area contributed by atoms with Gasteiger partial charge in [0, 0.05) is 5.69 Å². The summed E-state index contributed by atoms with van der Waals surface area (Å²) in [7, 11) is 1.45. The molecule has 0 atom stereocenters. The number of ether oxygens (including phenoxy) is 1. The highest BCUT2D eigenvalue weighted by Gasteiger charge is 2.42. The zero-order chi connectivity index (χ0) is 11.4. The molecular weight excluding hydrogens is 202 g/mol. The normalized spacial score (nSPS) is 18.1. The van der Waals surface area contributed by atoms with Gasteiger partial charge >= 0.3 is 5.97 Å². The predicted octanol–water partition coefficient (Wildman–Crippen LogP) is 2.58. The van der Waals surface area contributed by atoms with Crippen LogP contribution in [0.2, 0.25) is 0 Å². The smallest absolute Gasteiger partial charge is 0.331 e. The fraction of sp³-hybridized carbons (Fsp3) is 0.462. The van der Waals surface area contributed by atoms with E-state index in [9.17, 15) is 4.79 Å². The van der Waals surface area contributed by atoms with Gasteiger partial charge in [-0.2, -0.15) is 0 Å². The van der Waals surface area contributed by atoms with Crippen molar-refractivity contribution in [2.24, 2.45) is 0 Å². The number of rotatable bonds is 3. The lowest BCUT2D eigenvalue weighted by Crippen LogP contribution is -2.44. The maximum Gasteiger partial charge on any atom is 0.331 e. The topological polar surface area (TPSA) is 38.3 Å². The van der Waals surface area contributed by atoms with Crippen molar-refractivity contribution in [1.82, 2.24) is 0 Å². The first-order valence-electron chi connectivity index (χ1n) is 5.68. The summed E-state index contributed by atoms with van der Waals surface area (Å²) < 4.78 is 4.91. The highest BCUT2D eigenvalue weighted by atomic mass is 16.5. The van der Waals surface area contributed by atoms with Crippen molar-refractivity contribution < 1.29 is 9.53 Å². The molecule has 1 aromatic carbocycles. The molecule has 1 aliphatic carbocycles. The first kappa shape index (κ1) is 11.0. The number of hydrogen-bond donors (Lipinski definition) is 1. The second-order valence-electron chi connectivity index (χ2n) is 4.27. The van der Waals surface area contributed by atoms with Crippen LogP contribution < -0.4 is 5.32 Å². The Morgan fingerprint density at radius 2 is 1.88 bits per heavy atom. The van der Waals surface area contributed by atoms with E-state index in [1.54, 1.807) is 0 Å². The number of para-hydroxylation sites is 1. The Bertz CT molecular complexity index is 355. The number of benzene rings is 1. The van der Waals surface area contributed by atoms with E-state index in [-0.39, 0.29) is 5.97 Å². The van der Waals surface area contributed by atoms with Gasteiger partial charge in [-0.3, -0.25) is 0 Å². The summed E-state index contributed by atoms with van der Waals surface area (Å²) in [5.41, 5.74) is 0.477. The fourth-order valence-corrected chi connectivity index (χ4v) is 2.35. The molecule has 0 aliphatic heterocycles. The van der Waals surface area contributed by atoms with E-state index in [1.807, 2.05) is 30.3 Å². The molecule has 3 heteroatoms. The number of nitrogens with one attached hydrogen (secondary N) is 1. The zero-order valence-corrected chi connectivity index (χ0v) is 9.53. The van der Waals surface area contributed by atoms with Crippen molar-refractivity contribution in [3.8, 4) is 0 Å². The Labute approximate surface area is 95.8 Å². The van der Waals surface area contributed by atoms with Crippen molar-refractivity contribution in [1.29, 1.82) is 0 Å². The molecule has 0 heterocycles. The van der Waals surface area contributed by atoms with Crippen LogP contribution >= 0.6 is 0 Å². The van der Waals surface area contributed by atoms with Crippen LogP contribution in [0.5, 0.6) is 0 Å². The molecule has 3 nitrogen and oxygen atoms in total. The minimum absolute atomic E-state index is 0.145. The summed E-state index contributed by atoms with van der Waals surface area (Å²) in [6.45, 7) is 0. The molecule has 1 aliphatic rings. The van der Waals surface area contributed by atoms with E-state index >= 15 is 0 Å². The molecule has 0 bridgehead atoms. The average Bonchev–Trinajstić information content (AvgIpc) is 2.79. The molecule has 16 heavy (non-hydrogen) atoms. The van der Waals surface area contributed by atoms with Gasteiger partial charge in [-0.25, -0.2) is 4.79 Å².